The van der Waals surface area contributed by atoms with Gasteiger partial charge in [0.2, 0.25) is 0 Å². The van der Waals surface area contributed by atoms with E-state index in [9.17, 15) is 0 Å². The van der Waals surface area contributed by atoms with Crippen LogP contribution in [-0.2, 0) is 6.42 Å². The summed E-state index contributed by atoms with van der Waals surface area (Å²) in [5.41, 5.74) is 2.61. The van der Waals surface area contributed by atoms with E-state index in [0.29, 0.717) is 10.6 Å². The molecular weight excluding hydrogens is 270 g/mol. The van der Waals surface area contributed by atoms with Crippen LogP contribution < -0.4 is 16.6 Å². The molecule has 1 saturated carbocycles. The summed E-state index contributed by atoms with van der Waals surface area (Å²) in [5.74, 6) is 7.80. The van der Waals surface area contributed by atoms with Gasteiger partial charge in [-0.05, 0) is 19.1 Å². The minimum atomic E-state index is 0.353. The van der Waals surface area contributed by atoms with Crippen molar-refractivity contribution < 1.29 is 0 Å². The van der Waals surface area contributed by atoms with Gasteiger partial charge in [-0.1, -0.05) is 26.2 Å². The summed E-state index contributed by atoms with van der Waals surface area (Å²) in [4.78, 5) is 8.83. The number of nitrogens with one attached hydrogen (secondary N) is 2. The molecule has 0 spiro atoms. The maximum Gasteiger partial charge on any atom is 0.145 e. The van der Waals surface area contributed by atoms with Crippen LogP contribution in [0.25, 0.3) is 0 Å². The van der Waals surface area contributed by atoms with Gasteiger partial charge in [-0.2, -0.15) is 11.8 Å². The van der Waals surface area contributed by atoms with Gasteiger partial charge in [0.15, 0.2) is 0 Å². The van der Waals surface area contributed by atoms with Crippen LogP contribution in [0, 0.1) is 0 Å². The second-order valence-corrected chi connectivity index (χ2v) is 6.63. The molecule has 0 radical (unpaired) electrons. The molecule has 1 aromatic rings. The van der Waals surface area contributed by atoms with Crippen LogP contribution >= 0.6 is 11.8 Å². The van der Waals surface area contributed by atoms with E-state index < -0.39 is 0 Å². The Morgan fingerprint density at radius 3 is 2.55 bits per heavy atom. The lowest BCUT2D eigenvalue weighted by Gasteiger charge is -2.36. The Bertz CT molecular complexity index is 409. The Kier molecular flexibility index (Phi) is 5.48. The normalized spacial score (nSPS) is 17.8. The van der Waals surface area contributed by atoms with Crippen molar-refractivity contribution in [2.24, 2.45) is 5.84 Å². The Morgan fingerprint density at radius 2 is 1.95 bits per heavy atom. The van der Waals surface area contributed by atoms with Gasteiger partial charge >= 0.3 is 0 Å². The van der Waals surface area contributed by atoms with Crippen LogP contribution in [0.15, 0.2) is 6.07 Å². The molecule has 0 atom stereocenters. The number of aromatic nitrogens is 2. The van der Waals surface area contributed by atoms with E-state index in [1.807, 2.05) is 24.8 Å². The van der Waals surface area contributed by atoms with Crippen molar-refractivity contribution in [3.05, 3.63) is 11.9 Å². The summed E-state index contributed by atoms with van der Waals surface area (Å²) >= 11 is 1.99. The number of hydrogen-bond acceptors (Lipinski definition) is 6. The number of nitrogens with zero attached hydrogens (tertiary/aromatic N) is 2. The summed E-state index contributed by atoms with van der Waals surface area (Å²) in [6, 6.07) is 1.87. The average molecular weight is 295 g/mol. The highest BCUT2D eigenvalue weighted by Gasteiger charge is 2.30. The summed E-state index contributed by atoms with van der Waals surface area (Å²) in [6.07, 6.45) is 9.64. The minimum Gasteiger partial charge on any atom is -0.369 e. The molecule has 0 aliphatic heterocycles. The maximum absolute atomic E-state index is 5.46. The lowest BCUT2D eigenvalue weighted by atomic mass is 9.88. The number of nitrogen functional groups attached to an aromatic ring is 1. The molecule has 112 valence electrons. The Balaban J connectivity index is 2.05. The van der Waals surface area contributed by atoms with Crippen LogP contribution in [-0.4, -0.2) is 27.5 Å². The third-order valence-corrected chi connectivity index (χ3v) is 5.44. The van der Waals surface area contributed by atoms with Crippen molar-refractivity contribution >= 4 is 23.4 Å². The van der Waals surface area contributed by atoms with Gasteiger partial charge < -0.3 is 10.7 Å². The molecule has 4 N–H and O–H groups in total. The van der Waals surface area contributed by atoms with Crippen molar-refractivity contribution in [2.45, 2.75) is 50.2 Å². The summed E-state index contributed by atoms with van der Waals surface area (Å²) < 4.78 is 0.353. The first kappa shape index (κ1) is 15.4. The standard InChI is InChI=1S/C14H25N5S/c1-3-11-17-12(9-13(18-11)19-15)16-10-14(20-2)7-5-4-6-8-14/h9H,3-8,10,15H2,1-2H3,(H2,16,17,18,19). The Hall–Kier alpha value is -1.01. The molecule has 1 aliphatic rings. The highest BCUT2D eigenvalue weighted by Crippen LogP contribution is 2.38. The van der Waals surface area contributed by atoms with Gasteiger partial charge in [0, 0.05) is 23.8 Å². The van der Waals surface area contributed by atoms with E-state index in [2.05, 4.69) is 27.0 Å². The van der Waals surface area contributed by atoms with Crippen LogP contribution in [0.3, 0.4) is 0 Å². The molecule has 1 heterocycles. The van der Waals surface area contributed by atoms with E-state index in [1.54, 1.807) is 0 Å². The number of nitrogens with two attached hydrogens (primary N) is 1. The zero-order valence-electron chi connectivity index (χ0n) is 12.4. The van der Waals surface area contributed by atoms with Gasteiger partial charge in [-0.3, -0.25) is 0 Å². The molecule has 0 amide bonds. The fraction of sp³-hybridized carbons (Fsp3) is 0.714. The van der Waals surface area contributed by atoms with Gasteiger partial charge in [0.25, 0.3) is 0 Å². The van der Waals surface area contributed by atoms with Crippen molar-refractivity contribution in [1.82, 2.24) is 9.97 Å². The third kappa shape index (κ3) is 3.76. The molecule has 20 heavy (non-hydrogen) atoms. The van der Waals surface area contributed by atoms with Crippen LogP contribution in [0.1, 0.15) is 44.9 Å². The van der Waals surface area contributed by atoms with Crippen LogP contribution in [0.2, 0.25) is 0 Å². The molecule has 1 aromatic heterocycles. The van der Waals surface area contributed by atoms with Crippen molar-refractivity contribution in [2.75, 3.05) is 23.5 Å². The Labute approximate surface area is 125 Å². The van der Waals surface area contributed by atoms with Crippen molar-refractivity contribution in [3.63, 3.8) is 0 Å². The molecule has 0 bridgehead atoms. The number of anilines is 2. The van der Waals surface area contributed by atoms with E-state index >= 15 is 0 Å². The molecule has 0 unspecified atom stereocenters. The third-order valence-electron chi connectivity index (χ3n) is 4.03. The van der Waals surface area contributed by atoms with E-state index in [0.717, 1.165) is 24.6 Å². The summed E-state index contributed by atoms with van der Waals surface area (Å²) in [6.45, 7) is 3.00. The molecule has 0 aromatic carbocycles. The lowest BCUT2D eigenvalue weighted by molar-refractivity contribution is 0.411. The second kappa shape index (κ2) is 7.13. The van der Waals surface area contributed by atoms with E-state index in [4.69, 9.17) is 5.84 Å². The first-order chi connectivity index (χ1) is 9.71. The monoisotopic (exact) mass is 295 g/mol. The predicted molar refractivity (Wildman–Crippen MR) is 87.0 cm³/mol. The number of thioether (sulfide) groups is 1. The molecule has 5 nitrogen and oxygen atoms in total. The number of hydrazine groups is 1. The SMILES string of the molecule is CCc1nc(NN)cc(NCC2(SC)CCCCC2)n1. The molecule has 0 saturated heterocycles. The smallest absolute Gasteiger partial charge is 0.145 e. The number of hydrogen-bond donors (Lipinski definition) is 3. The average Bonchev–Trinajstić information content (AvgIpc) is 2.53. The quantitative estimate of drug-likeness (QED) is 0.553. The highest BCUT2D eigenvalue weighted by atomic mass is 32.2. The van der Waals surface area contributed by atoms with Crippen molar-refractivity contribution in [1.29, 1.82) is 0 Å². The number of aryl methyl sites for hydroxylation is 1. The molecule has 2 rings (SSSR count). The van der Waals surface area contributed by atoms with Gasteiger partial charge in [-0.15, -0.1) is 0 Å². The van der Waals surface area contributed by atoms with Crippen LogP contribution in [0.5, 0.6) is 0 Å². The number of rotatable bonds is 6. The molecular formula is C14H25N5S. The highest BCUT2D eigenvalue weighted by molar-refractivity contribution is 8.00. The zero-order valence-corrected chi connectivity index (χ0v) is 13.2. The molecule has 6 heteroatoms. The first-order valence-electron chi connectivity index (χ1n) is 7.35. The predicted octanol–water partition coefficient (Wildman–Crippen LogP) is 2.80. The van der Waals surface area contributed by atoms with Gasteiger partial charge in [0.05, 0.1) is 0 Å². The van der Waals surface area contributed by atoms with E-state index in [-0.39, 0.29) is 0 Å². The fourth-order valence-corrected chi connectivity index (χ4v) is 3.63. The lowest BCUT2D eigenvalue weighted by Crippen LogP contribution is -2.35. The first-order valence-corrected chi connectivity index (χ1v) is 8.57. The topological polar surface area (TPSA) is 75.9 Å². The second-order valence-electron chi connectivity index (χ2n) is 5.35. The van der Waals surface area contributed by atoms with Crippen molar-refractivity contribution in [3.8, 4) is 0 Å². The van der Waals surface area contributed by atoms with Gasteiger partial charge in [-0.25, -0.2) is 15.8 Å². The molecule has 1 aliphatic carbocycles. The Morgan fingerprint density at radius 1 is 1.25 bits per heavy atom. The van der Waals surface area contributed by atoms with Crippen LogP contribution in [0.4, 0.5) is 11.6 Å². The minimum absolute atomic E-state index is 0.353. The maximum atomic E-state index is 5.46. The van der Waals surface area contributed by atoms with Gasteiger partial charge in [0.1, 0.15) is 17.5 Å². The fourth-order valence-electron chi connectivity index (χ4n) is 2.72. The van der Waals surface area contributed by atoms with E-state index in [1.165, 1.54) is 32.1 Å². The summed E-state index contributed by atoms with van der Waals surface area (Å²) in [5, 5.41) is 3.49. The largest absolute Gasteiger partial charge is 0.369 e. The summed E-state index contributed by atoms with van der Waals surface area (Å²) in [7, 11) is 0. The zero-order chi connectivity index (χ0) is 14.4. The molecule has 1 fully saturated rings.